The molecule has 0 radical (unpaired) electrons. The van der Waals surface area contributed by atoms with Gasteiger partial charge in [-0.05, 0) is 24.4 Å². The summed E-state index contributed by atoms with van der Waals surface area (Å²) in [6, 6.07) is 6.55. The third kappa shape index (κ3) is 4.70. The van der Waals surface area contributed by atoms with Gasteiger partial charge >= 0.3 is 0 Å². The van der Waals surface area contributed by atoms with Gasteiger partial charge in [0.05, 0.1) is 7.05 Å². The Balaban J connectivity index is 2.06. The number of rotatable bonds is 7. The van der Waals surface area contributed by atoms with Crippen LogP contribution >= 0.6 is 12.2 Å². The van der Waals surface area contributed by atoms with Gasteiger partial charge in [0.2, 0.25) is 10.7 Å². The van der Waals surface area contributed by atoms with Crippen molar-refractivity contribution in [1.82, 2.24) is 14.3 Å². The van der Waals surface area contributed by atoms with Crippen molar-refractivity contribution in [3.05, 3.63) is 46.2 Å². The van der Waals surface area contributed by atoms with E-state index in [0.29, 0.717) is 24.4 Å². The molecule has 0 aliphatic heterocycles. The lowest BCUT2D eigenvalue weighted by molar-refractivity contribution is -0.917. The summed E-state index contributed by atoms with van der Waals surface area (Å²) in [4.78, 5) is 12.0. The minimum atomic E-state index is -0.362. The topological polar surface area (TPSA) is 70.3 Å². The molecule has 3 N–H and O–H groups in total. The molecule has 23 heavy (non-hydrogen) atoms. The number of hydrogen-bond donors (Lipinski definition) is 2. The first kappa shape index (κ1) is 17.3. The van der Waals surface area contributed by atoms with Gasteiger partial charge in [-0.3, -0.25) is 4.79 Å². The van der Waals surface area contributed by atoms with Gasteiger partial charge in [0.1, 0.15) is 18.2 Å². The number of benzene rings is 1. The lowest BCUT2D eigenvalue weighted by atomic mass is 10.2. The fraction of sp³-hybridized carbons (Fsp3) is 0.400. The summed E-state index contributed by atoms with van der Waals surface area (Å²) < 4.78 is 17.3. The van der Waals surface area contributed by atoms with Crippen molar-refractivity contribution in [2.24, 2.45) is 12.8 Å². The third-order valence-corrected chi connectivity index (χ3v) is 4.03. The Morgan fingerprint density at radius 3 is 2.87 bits per heavy atom. The van der Waals surface area contributed by atoms with Crippen LogP contribution in [0.5, 0.6) is 0 Å². The summed E-state index contributed by atoms with van der Waals surface area (Å²) in [7, 11) is 3.81. The van der Waals surface area contributed by atoms with E-state index < -0.39 is 0 Å². The molecule has 0 aliphatic carbocycles. The summed E-state index contributed by atoms with van der Waals surface area (Å²) in [6.45, 7) is 1.21. The molecule has 1 heterocycles. The van der Waals surface area contributed by atoms with E-state index in [2.05, 4.69) is 5.10 Å². The number of hydrogen-bond acceptors (Lipinski definition) is 3. The highest BCUT2D eigenvalue weighted by Gasteiger charge is 2.12. The number of nitrogens with two attached hydrogens (primary N) is 1. The lowest BCUT2D eigenvalue weighted by Gasteiger charge is -2.13. The van der Waals surface area contributed by atoms with Crippen molar-refractivity contribution in [2.45, 2.75) is 26.1 Å². The molecule has 0 fully saturated rings. The van der Waals surface area contributed by atoms with Crippen molar-refractivity contribution in [2.75, 3.05) is 7.05 Å². The summed E-state index contributed by atoms with van der Waals surface area (Å²) in [5, 5.41) is 4.45. The predicted molar refractivity (Wildman–Crippen MR) is 86.5 cm³/mol. The molecular formula is C15H21FN5OS+. The van der Waals surface area contributed by atoms with E-state index in [9.17, 15) is 9.18 Å². The number of carbonyl (C=O) groups is 1. The van der Waals surface area contributed by atoms with Crippen LogP contribution in [0.3, 0.4) is 0 Å². The molecule has 8 heteroatoms. The molecule has 1 atom stereocenters. The molecule has 1 aromatic heterocycles. The maximum Gasteiger partial charge on any atom is 0.217 e. The summed E-state index contributed by atoms with van der Waals surface area (Å²) in [5.41, 5.74) is 6.09. The molecule has 1 unspecified atom stereocenters. The van der Waals surface area contributed by atoms with Gasteiger partial charge in [-0.25, -0.2) is 4.39 Å². The Morgan fingerprint density at radius 1 is 1.48 bits per heavy atom. The molecule has 124 valence electrons. The van der Waals surface area contributed by atoms with Gasteiger partial charge in [-0.2, -0.15) is 9.78 Å². The molecular weight excluding hydrogens is 317 g/mol. The third-order valence-electron chi connectivity index (χ3n) is 3.54. The zero-order chi connectivity index (χ0) is 17.0. The van der Waals surface area contributed by atoms with E-state index in [1.807, 2.05) is 20.2 Å². The van der Waals surface area contributed by atoms with E-state index in [-0.39, 0.29) is 18.1 Å². The smallest absolute Gasteiger partial charge is 0.217 e. The largest absolute Gasteiger partial charge is 0.370 e. The van der Waals surface area contributed by atoms with Crippen molar-refractivity contribution in [3.63, 3.8) is 0 Å². The van der Waals surface area contributed by atoms with E-state index >= 15 is 0 Å². The standard InChI is InChI=1S/C15H20FN5OS/c1-19(9-11-4-3-5-12(16)8-11)10-21-15(23)20(2)14(18-21)7-6-13(17)22/h3-5,8H,6-7,9-10H2,1-2H3,(H2,17,22)/p+1. The van der Waals surface area contributed by atoms with E-state index in [1.54, 1.807) is 15.3 Å². The fourth-order valence-corrected chi connectivity index (χ4v) is 2.61. The highest BCUT2D eigenvalue weighted by atomic mass is 32.1. The number of carbonyl (C=O) groups excluding carboxylic acids is 1. The monoisotopic (exact) mass is 338 g/mol. The van der Waals surface area contributed by atoms with Crippen molar-refractivity contribution < 1.29 is 14.1 Å². The second-order valence-corrected chi connectivity index (χ2v) is 6.01. The SMILES string of the molecule is Cn1c(CCC(N)=O)nn(C[NH+](C)Cc2cccc(F)c2)c1=S. The van der Waals surface area contributed by atoms with Crippen LogP contribution in [0.15, 0.2) is 24.3 Å². The normalized spacial score (nSPS) is 12.3. The van der Waals surface area contributed by atoms with Gasteiger partial charge < -0.3 is 15.2 Å². The molecule has 0 aliphatic rings. The number of aromatic nitrogens is 3. The van der Waals surface area contributed by atoms with E-state index in [4.69, 9.17) is 18.0 Å². The Bertz CT molecular complexity index is 755. The number of aryl methyl sites for hydroxylation is 1. The molecule has 1 aromatic carbocycles. The second-order valence-electron chi connectivity index (χ2n) is 5.65. The molecule has 0 spiro atoms. The van der Waals surface area contributed by atoms with Gasteiger partial charge in [0.15, 0.2) is 6.67 Å². The Kier molecular flexibility index (Phi) is 5.62. The van der Waals surface area contributed by atoms with E-state index in [1.165, 1.54) is 12.1 Å². The van der Waals surface area contributed by atoms with Gasteiger partial charge in [0, 0.05) is 25.5 Å². The molecule has 0 bridgehead atoms. The Labute approximate surface area is 139 Å². The first-order valence-corrected chi connectivity index (χ1v) is 7.74. The Hall–Kier alpha value is -2.06. The number of quaternary nitrogens is 1. The van der Waals surface area contributed by atoms with E-state index in [0.717, 1.165) is 16.3 Å². The van der Waals surface area contributed by atoms with Gasteiger partial charge in [-0.15, -0.1) is 0 Å². The molecule has 2 rings (SSSR count). The summed E-state index contributed by atoms with van der Waals surface area (Å²) in [6.07, 6.45) is 0.705. The Morgan fingerprint density at radius 2 is 2.22 bits per heavy atom. The molecule has 1 amide bonds. The number of nitrogens with zero attached hydrogens (tertiary/aromatic N) is 3. The molecule has 0 saturated carbocycles. The minimum Gasteiger partial charge on any atom is -0.370 e. The quantitative estimate of drug-likeness (QED) is 0.708. The maximum atomic E-state index is 13.2. The lowest BCUT2D eigenvalue weighted by Crippen LogP contribution is -3.07. The van der Waals surface area contributed by atoms with Crippen LogP contribution in [0.2, 0.25) is 0 Å². The summed E-state index contributed by atoms with van der Waals surface area (Å²) in [5.74, 6) is 0.130. The van der Waals surface area contributed by atoms with Crippen LogP contribution in [0.25, 0.3) is 0 Å². The van der Waals surface area contributed by atoms with Crippen LogP contribution in [-0.2, 0) is 31.5 Å². The number of amides is 1. The first-order valence-electron chi connectivity index (χ1n) is 7.33. The van der Waals surface area contributed by atoms with Crippen molar-refractivity contribution in [1.29, 1.82) is 0 Å². The van der Waals surface area contributed by atoms with Crippen LogP contribution < -0.4 is 10.6 Å². The van der Waals surface area contributed by atoms with Crippen LogP contribution in [0.4, 0.5) is 4.39 Å². The second kappa shape index (κ2) is 7.47. The average molecular weight is 338 g/mol. The van der Waals surface area contributed by atoms with Gasteiger partial charge in [-0.1, -0.05) is 12.1 Å². The van der Waals surface area contributed by atoms with Crippen LogP contribution in [-0.4, -0.2) is 27.3 Å². The number of primary amides is 1. The molecule has 6 nitrogen and oxygen atoms in total. The maximum absolute atomic E-state index is 13.2. The zero-order valence-corrected chi connectivity index (χ0v) is 14.1. The van der Waals surface area contributed by atoms with Crippen molar-refractivity contribution >= 4 is 18.1 Å². The number of halogens is 1. The average Bonchev–Trinajstić information content (AvgIpc) is 2.73. The zero-order valence-electron chi connectivity index (χ0n) is 13.3. The van der Waals surface area contributed by atoms with Crippen LogP contribution in [0, 0.1) is 10.6 Å². The number of nitrogens with one attached hydrogen (secondary N) is 1. The molecule has 0 saturated heterocycles. The van der Waals surface area contributed by atoms with Crippen LogP contribution in [0.1, 0.15) is 17.8 Å². The first-order chi connectivity index (χ1) is 10.9. The van der Waals surface area contributed by atoms with Crippen molar-refractivity contribution in [3.8, 4) is 0 Å². The highest BCUT2D eigenvalue weighted by Crippen LogP contribution is 2.03. The predicted octanol–water partition coefficient (Wildman–Crippen LogP) is 0.180. The fourth-order valence-electron chi connectivity index (χ4n) is 2.40. The minimum absolute atomic E-state index is 0.238. The highest BCUT2D eigenvalue weighted by molar-refractivity contribution is 7.71. The molecule has 2 aromatic rings. The van der Waals surface area contributed by atoms with Gasteiger partial charge in [0.25, 0.3) is 0 Å². The summed E-state index contributed by atoms with van der Waals surface area (Å²) >= 11 is 5.37.